The molecule has 4 heteroatoms. The molecular weight excluding hydrogens is 364 g/mol. The summed E-state index contributed by atoms with van der Waals surface area (Å²) in [7, 11) is 0. The fourth-order valence-electron chi connectivity index (χ4n) is 2.99. The van der Waals surface area contributed by atoms with Crippen LogP contribution < -0.4 is 9.47 Å². The van der Waals surface area contributed by atoms with Gasteiger partial charge in [0.25, 0.3) is 0 Å². The highest BCUT2D eigenvalue weighted by atomic mass is 16.5. The Kier molecular flexibility index (Phi) is 8.99. The Morgan fingerprint density at radius 2 is 0.931 bits per heavy atom. The molecule has 0 atom stereocenters. The monoisotopic (exact) mass is 400 g/mol. The normalized spacial score (nSPS) is 11.9. The minimum Gasteiger partial charge on any atom is -0.491 e. The van der Waals surface area contributed by atoms with Crippen molar-refractivity contribution >= 4 is 0 Å². The van der Waals surface area contributed by atoms with E-state index in [1.54, 1.807) is 0 Å². The van der Waals surface area contributed by atoms with E-state index in [9.17, 15) is 0 Å². The van der Waals surface area contributed by atoms with Crippen LogP contribution in [-0.2, 0) is 14.9 Å². The van der Waals surface area contributed by atoms with Gasteiger partial charge < -0.3 is 18.9 Å². The molecule has 0 amide bonds. The van der Waals surface area contributed by atoms with E-state index < -0.39 is 0 Å². The average Bonchev–Trinajstić information content (AvgIpc) is 2.69. The first-order valence-corrected chi connectivity index (χ1v) is 10.5. The van der Waals surface area contributed by atoms with Crippen LogP contribution in [0.15, 0.2) is 48.5 Å². The first kappa shape index (κ1) is 23.2. The second kappa shape index (κ2) is 11.2. The molecule has 0 spiro atoms. The van der Waals surface area contributed by atoms with E-state index >= 15 is 0 Å². The highest BCUT2D eigenvalue weighted by Crippen LogP contribution is 2.33. The highest BCUT2D eigenvalue weighted by molar-refractivity contribution is 5.41. The van der Waals surface area contributed by atoms with E-state index in [0.717, 1.165) is 11.5 Å². The first-order valence-electron chi connectivity index (χ1n) is 10.5. The molecule has 0 aromatic heterocycles. The topological polar surface area (TPSA) is 36.9 Å². The van der Waals surface area contributed by atoms with Gasteiger partial charge in [0.15, 0.2) is 0 Å². The molecule has 0 unspecified atom stereocenters. The maximum atomic E-state index is 5.76. The van der Waals surface area contributed by atoms with Crippen molar-refractivity contribution in [2.75, 3.05) is 26.4 Å². The molecule has 160 valence electrons. The van der Waals surface area contributed by atoms with Gasteiger partial charge in [-0.3, -0.25) is 0 Å². The zero-order chi connectivity index (χ0) is 21.3. The van der Waals surface area contributed by atoms with Crippen LogP contribution in [0.2, 0.25) is 0 Å². The summed E-state index contributed by atoms with van der Waals surface area (Å²) in [6, 6.07) is 16.6. The van der Waals surface area contributed by atoms with Crippen molar-refractivity contribution in [1.29, 1.82) is 0 Å². The van der Waals surface area contributed by atoms with Gasteiger partial charge in [-0.05, 0) is 63.1 Å². The molecule has 0 aliphatic heterocycles. The quantitative estimate of drug-likeness (QED) is 0.433. The Hall–Kier alpha value is -2.04. The first-order chi connectivity index (χ1) is 13.8. The lowest BCUT2D eigenvalue weighted by molar-refractivity contribution is 0.0552. The van der Waals surface area contributed by atoms with Gasteiger partial charge in [0.05, 0.1) is 25.4 Å². The van der Waals surface area contributed by atoms with E-state index in [1.165, 1.54) is 11.1 Å². The molecule has 4 nitrogen and oxygen atoms in total. The molecule has 2 rings (SSSR count). The van der Waals surface area contributed by atoms with Crippen molar-refractivity contribution in [1.82, 2.24) is 0 Å². The number of hydrogen-bond acceptors (Lipinski definition) is 4. The summed E-state index contributed by atoms with van der Waals surface area (Å²) >= 11 is 0. The largest absolute Gasteiger partial charge is 0.491 e. The molecule has 29 heavy (non-hydrogen) atoms. The second-order valence-corrected chi connectivity index (χ2v) is 8.21. The molecule has 0 bridgehead atoms. The molecule has 0 aliphatic rings. The second-order valence-electron chi connectivity index (χ2n) is 8.21. The van der Waals surface area contributed by atoms with Crippen LogP contribution in [0.3, 0.4) is 0 Å². The third-order valence-electron chi connectivity index (χ3n) is 4.76. The molecule has 2 aromatic rings. The third kappa shape index (κ3) is 7.71. The van der Waals surface area contributed by atoms with Crippen LogP contribution in [0.4, 0.5) is 0 Å². The van der Waals surface area contributed by atoms with Crippen LogP contribution in [0.5, 0.6) is 11.5 Å². The zero-order valence-electron chi connectivity index (χ0n) is 18.7. The Bertz CT molecular complexity index is 641. The van der Waals surface area contributed by atoms with Crippen molar-refractivity contribution in [3.05, 3.63) is 59.7 Å². The predicted molar refractivity (Wildman–Crippen MR) is 118 cm³/mol. The van der Waals surface area contributed by atoms with E-state index in [0.29, 0.717) is 26.4 Å². The Labute approximate surface area is 176 Å². The minimum atomic E-state index is -0.113. The van der Waals surface area contributed by atoms with E-state index in [1.807, 2.05) is 52.0 Å². The zero-order valence-corrected chi connectivity index (χ0v) is 18.7. The minimum absolute atomic E-state index is 0.113. The third-order valence-corrected chi connectivity index (χ3v) is 4.76. The molecule has 0 radical (unpaired) electrons. The van der Waals surface area contributed by atoms with Crippen molar-refractivity contribution in [3.8, 4) is 11.5 Å². The van der Waals surface area contributed by atoms with Crippen LogP contribution in [0.1, 0.15) is 52.7 Å². The number of hydrogen-bond donors (Lipinski definition) is 0. The molecule has 0 aliphatic carbocycles. The smallest absolute Gasteiger partial charge is 0.119 e. The summed E-state index contributed by atoms with van der Waals surface area (Å²) in [5, 5.41) is 0. The SMILES string of the molecule is CC(C)OCCOc1ccc(C(C)(C)c2ccc(OCCOC(C)C)cc2)cc1. The van der Waals surface area contributed by atoms with Crippen LogP contribution >= 0.6 is 0 Å². The number of benzene rings is 2. The van der Waals surface area contributed by atoms with Crippen molar-refractivity contribution < 1.29 is 18.9 Å². The lowest BCUT2D eigenvalue weighted by Crippen LogP contribution is -2.19. The van der Waals surface area contributed by atoms with E-state index in [4.69, 9.17) is 18.9 Å². The Morgan fingerprint density at radius 3 is 1.24 bits per heavy atom. The summed E-state index contributed by atoms with van der Waals surface area (Å²) in [6.07, 6.45) is 0.457. The van der Waals surface area contributed by atoms with Gasteiger partial charge in [0, 0.05) is 5.41 Å². The summed E-state index contributed by atoms with van der Waals surface area (Å²) in [6.45, 7) is 14.9. The standard InChI is InChI=1S/C25H36O4/c1-19(2)26-15-17-28-23-11-7-21(8-12-23)25(5,6)22-9-13-24(14-10-22)29-18-16-27-20(3)4/h7-14,19-20H,15-18H2,1-6H3. The number of rotatable bonds is 12. The molecular formula is C25H36O4. The fraction of sp³-hybridized carbons (Fsp3) is 0.520. The van der Waals surface area contributed by atoms with Crippen molar-refractivity contribution in [2.45, 2.75) is 59.2 Å². The van der Waals surface area contributed by atoms with Crippen molar-refractivity contribution in [3.63, 3.8) is 0 Å². The molecule has 0 heterocycles. The van der Waals surface area contributed by atoms with Gasteiger partial charge in [-0.15, -0.1) is 0 Å². The van der Waals surface area contributed by atoms with E-state index in [2.05, 4.69) is 38.1 Å². The summed E-state index contributed by atoms with van der Waals surface area (Å²) < 4.78 is 22.5. The number of ether oxygens (including phenoxy) is 4. The molecule has 2 aromatic carbocycles. The maximum absolute atomic E-state index is 5.76. The summed E-state index contributed by atoms with van der Waals surface area (Å²) in [5.74, 6) is 1.73. The predicted octanol–water partition coefficient (Wildman–Crippen LogP) is 5.62. The van der Waals surface area contributed by atoms with Gasteiger partial charge in [-0.2, -0.15) is 0 Å². The molecule has 0 saturated carbocycles. The fourth-order valence-corrected chi connectivity index (χ4v) is 2.99. The van der Waals surface area contributed by atoms with Gasteiger partial charge in [0.1, 0.15) is 24.7 Å². The van der Waals surface area contributed by atoms with Crippen LogP contribution in [0, 0.1) is 0 Å². The maximum Gasteiger partial charge on any atom is 0.119 e. The van der Waals surface area contributed by atoms with E-state index in [-0.39, 0.29) is 17.6 Å². The Balaban J connectivity index is 1.91. The lowest BCUT2D eigenvalue weighted by atomic mass is 9.78. The van der Waals surface area contributed by atoms with Gasteiger partial charge in [-0.25, -0.2) is 0 Å². The molecule has 0 saturated heterocycles. The van der Waals surface area contributed by atoms with Crippen molar-refractivity contribution in [2.24, 2.45) is 0 Å². The highest BCUT2D eigenvalue weighted by Gasteiger charge is 2.23. The molecule has 0 N–H and O–H groups in total. The summed E-state index contributed by atoms with van der Waals surface area (Å²) in [5.41, 5.74) is 2.36. The molecule has 0 fully saturated rings. The Morgan fingerprint density at radius 1 is 0.586 bits per heavy atom. The van der Waals surface area contributed by atoms with Crippen LogP contribution in [-0.4, -0.2) is 38.6 Å². The van der Waals surface area contributed by atoms with Crippen LogP contribution in [0.25, 0.3) is 0 Å². The lowest BCUT2D eigenvalue weighted by Gasteiger charge is -2.26. The van der Waals surface area contributed by atoms with Gasteiger partial charge in [0.2, 0.25) is 0 Å². The average molecular weight is 401 g/mol. The van der Waals surface area contributed by atoms with Gasteiger partial charge >= 0.3 is 0 Å². The summed E-state index contributed by atoms with van der Waals surface area (Å²) in [4.78, 5) is 0. The van der Waals surface area contributed by atoms with Gasteiger partial charge in [-0.1, -0.05) is 38.1 Å².